The normalized spacial score (nSPS) is 10.7. The Labute approximate surface area is 182 Å². The zero-order valence-corrected chi connectivity index (χ0v) is 17.2. The number of rotatable bonds is 4. The van der Waals surface area contributed by atoms with Gasteiger partial charge in [-0.2, -0.15) is 0 Å². The molecule has 0 spiro atoms. The van der Waals surface area contributed by atoms with Crippen molar-refractivity contribution in [3.8, 4) is 44.9 Å². The number of aromatic nitrogens is 3. The summed E-state index contributed by atoms with van der Waals surface area (Å²) in [4.78, 5) is 13.7. The Hall–Kier alpha value is -4.11. The minimum absolute atomic E-state index is 0.736. The van der Waals surface area contributed by atoms with Crippen LogP contribution in [0.25, 0.3) is 44.9 Å². The summed E-state index contributed by atoms with van der Waals surface area (Å²) in [5.41, 5.74) is 8.59. The molecule has 5 rings (SSSR count). The van der Waals surface area contributed by atoms with Gasteiger partial charge in [0, 0.05) is 29.2 Å². The van der Waals surface area contributed by atoms with Crippen LogP contribution < -0.4 is 0 Å². The second kappa shape index (κ2) is 8.33. The van der Waals surface area contributed by atoms with Crippen LogP contribution >= 0.6 is 0 Å². The lowest BCUT2D eigenvalue weighted by Gasteiger charge is -2.09. The summed E-state index contributed by atoms with van der Waals surface area (Å²) in [7, 11) is 0. The van der Waals surface area contributed by atoms with Crippen LogP contribution in [-0.4, -0.2) is 15.0 Å². The maximum Gasteiger partial charge on any atom is 0.160 e. The molecule has 5 aromatic rings. The third-order valence-electron chi connectivity index (χ3n) is 5.28. The van der Waals surface area contributed by atoms with Crippen LogP contribution in [0.1, 0.15) is 5.69 Å². The molecule has 3 heteroatoms. The van der Waals surface area contributed by atoms with Crippen LogP contribution in [0.2, 0.25) is 0 Å². The molecule has 0 N–H and O–H groups in total. The van der Waals surface area contributed by atoms with E-state index >= 15 is 0 Å². The van der Waals surface area contributed by atoms with E-state index in [0.29, 0.717) is 0 Å². The van der Waals surface area contributed by atoms with Gasteiger partial charge in [-0.25, -0.2) is 9.97 Å². The minimum Gasteiger partial charge on any atom is -0.264 e. The van der Waals surface area contributed by atoms with Gasteiger partial charge in [0.25, 0.3) is 0 Å². The first kappa shape index (κ1) is 18.9. The van der Waals surface area contributed by atoms with Gasteiger partial charge in [-0.05, 0) is 41.3 Å². The first-order valence-corrected chi connectivity index (χ1v) is 10.3. The predicted octanol–water partition coefficient (Wildman–Crippen LogP) is 6.85. The topological polar surface area (TPSA) is 38.7 Å². The molecule has 0 saturated carbocycles. The highest BCUT2D eigenvalue weighted by Crippen LogP contribution is 2.27. The van der Waals surface area contributed by atoms with Gasteiger partial charge in [0.2, 0.25) is 0 Å². The number of pyridine rings is 1. The Balaban J connectivity index is 1.45. The largest absolute Gasteiger partial charge is 0.264 e. The van der Waals surface area contributed by atoms with Crippen molar-refractivity contribution in [3.05, 3.63) is 115 Å². The fourth-order valence-corrected chi connectivity index (χ4v) is 3.65. The van der Waals surface area contributed by atoms with Crippen LogP contribution in [0.5, 0.6) is 0 Å². The number of hydrogen-bond acceptors (Lipinski definition) is 3. The maximum atomic E-state index is 4.86. The molecule has 0 fully saturated rings. The molecule has 2 heterocycles. The lowest BCUT2D eigenvalue weighted by Crippen LogP contribution is -1.95. The van der Waals surface area contributed by atoms with Crippen LogP contribution in [0.15, 0.2) is 109 Å². The summed E-state index contributed by atoms with van der Waals surface area (Å²) in [6.07, 6.45) is 3.65. The summed E-state index contributed by atoms with van der Waals surface area (Å²) >= 11 is 0. The molecule has 0 atom stereocenters. The molecule has 3 nitrogen and oxygen atoms in total. The molecule has 0 aliphatic heterocycles. The summed E-state index contributed by atoms with van der Waals surface area (Å²) in [5.74, 6) is 0.736. The van der Waals surface area contributed by atoms with E-state index in [9.17, 15) is 0 Å². The Morgan fingerprint density at radius 2 is 1.10 bits per heavy atom. The molecular weight excluding hydrogens is 378 g/mol. The second-order valence-corrected chi connectivity index (χ2v) is 7.48. The van der Waals surface area contributed by atoms with E-state index < -0.39 is 0 Å². The van der Waals surface area contributed by atoms with Gasteiger partial charge in [-0.1, -0.05) is 84.9 Å². The Bertz CT molecular complexity index is 1190. The van der Waals surface area contributed by atoms with Gasteiger partial charge in [0.15, 0.2) is 5.82 Å². The molecule has 2 aromatic heterocycles. The number of hydrogen-bond donors (Lipinski definition) is 0. The van der Waals surface area contributed by atoms with Crippen molar-refractivity contribution < 1.29 is 0 Å². The zero-order chi connectivity index (χ0) is 21.0. The van der Waals surface area contributed by atoms with Crippen molar-refractivity contribution in [3.63, 3.8) is 0 Å². The number of aryl methyl sites for hydroxylation is 1. The van der Waals surface area contributed by atoms with Crippen LogP contribution in [0.4, 0.5) is 0 Å². The molecule has 3 aromatic carbocycles. The van der Waals surface area contributed by atoms with Crippen molar-refractivity contribution in [1.29, 1.82) is 0 Å². The molecule has 0 unspecified atom stereocenters. The molecule has 148 valence electrons. The third kappa shape index (κ3) is 4.12. The fourth-order valence-electron chi connectivity index (χ4n) is 3.65. The maximum absolute atomic E-state index is 4.86. The average Bonchev–Trinajstić information content (AvgIpc) is 2.85. The van der Waals surface area contributed by atoms with E-state index in [1.807, 2.05) is 31.3 Å². The molecule has 31 heavy (non-hydrogen) atoms. The van der Waals surface area contributed by atoms with E-state index in [2.05, 4.69) is 88.8 Å². The number of benzene rings is 3. The first-order valence-electron chi connectivity index (χ1n) is 10.3. The van der Waals surface area contributed by atoms with E-state index in [1.165, 1.54) is 11.1 Å². The smallest absolute Gasteiger partial charge is 0.160 e. The highest BCUT2D eigenvalue weighted by molar-refractivity contribution is 5.71. The summed E-state index contributed by atoms with van der Waals surface area (Å²) in [6, 6.07) is 33.3. The van der Waals surface area contributed by atoms with Crippen LogP contribution in [-0.2, 0) is 0 Å². The van der Waals surface area contributed by atoms with Gasteiger partial charge in [-0.15, -0.1) is 0 Å². The SMILES string of the molecule is Cc1cc(-c2ccc(-c3ccccc3)cc2)nc(-c2ccc(-c3cccnc3)cc2)n1. The Morgan fingerprint density at radius 3 is 1.77 bits per heavy atom. The lowest BCUT2D eigenvalue weighted by atomic mass is 10.0. The van der Waals surface area contributed by atoms with Crippen molar-refractivity contribution in [1.82, 2.24) is 15.0 Å². The summed E-state index contributed by atoms with van der Waals surface area (Å²) in [6.45, 7) is 2.01. The first-order chi connectivity index (χ1) is 15.3. The van der Waals surface area contributed by atoms with Crippen LogP contribution in [0.3, 0.4) is 0 Å². The van der Waals surface area contributed by atoms with Gasteiger partial charge >= 0.3 is 0 Å². The molecule has 0 radical (unpaired) electrons. The van der Waals surface area contributed by atoms with Gasteiger partial charge in [0.1, 0.15) is 0 Å². The Kier molecular flexibility index (Phi) is 5.07. The van der Waals surface area contributed by atoms with E-state index in [-0.39, 0.29) is 0 Å². The number of nitrogens with zero attached hydrogens (tertiary/aromatic N) is 3. The highest BCUT2D eigenvalue weighted by Gasteiger charge is 2.08. The molecule has 0 amide bonds. The predicted molar refractivity (Wildman–Crippen MR) is 126 cm³/mol. The molecular formula is C28H21N3. The van der Waals surface area contributed by atoms with Crippen molar-refractivity contribution >= 4 is 0 Å². The second-order valence-electron chi connectivity index (χ2n) is 7.48. The van der Waals surface area contributed by atoms with Crippen LogP contribution in [0, 0.1) is 6.92 Å². The third-order valence-corrected chi connectivity index (χ3v) is 5.28. The zero-order valence-electron chi connectivity index (χ0n) is 17.2. The summed E-state index contributed by atoms with van der Waals surface area (Å²) in [5, 5.41) is 0. The van der Waals surface area contributed by atoms with Gasteiger partial charge in [0.05, 0.1) is 5.69 Å². The molecule has 0 bridgehead atoms. The molecule has 0 aliphatic carbocycles. The lowest BCUT2D eigenvalue weighted by molar-refractivity contribution is 1.12. The molecule has 0 saturated heterocycles. The minimum atomic E-state index is 0.736. The van der Waals surface area contributed by atoms with E-state index in [4.69, 9.17) is 4.98 Å². The van der Waals surface area contributed by atoms with Crippen molar-refractivity contribution in [2.75, 3.05) is 0 Å². The van der Waals surface area contributed by atoms with Crippen molar-refractivity contribution in [2.24, 2.45) is 0 Å². The van der Waals surface area contributed by atoms with Gasteiger partial charge in [-0.3, -0.25) is 4.98 Å². The monoisotopic (exact) mass is 399 g/mol. The quantitative estimate of drug-likeness (QED) is 0.332. The van der Waals surface area contributed by atoms with Crippen molar-refractivity contribution in [2.45, 2.75) is 6.92 Å². The standard InChI is InChI=1S/C28H21N3/c1-20-18-27(24-13-9-22(10-14-24)21-6-3-2-4-7-21)31-28(30-20)25-15-11-23(12-16-25)26-8-5-17-29-19-26/h2-19H,1H3. The van der Waals surface area contributed by atoms with Gasteiger partial charge < -0.3 is 0 Å². The summed E-state index contributed by atoms with van der Waals surface area (Å²) < 4.78 is 0. The highest BCUT2D eigenvalue weighted by atomic mass is 14.9. The molecule has 0 aliphatic rings. The fraction of sp³-hybridized carbons (Fsp3) is 0.0357. The Morgan fingerprint density at radius 1 is 0.516 bits per heavy atom. The van der Waals surface area contributed by atoms with E-state index in [1.54, 1.807) is 6.20 Å². The average molecular weight is 399 g/mol. The van der Waals surface area contributed by atoms with E-state index in [0.717, 1.165) is 39.5 Å².